The summed E-state index contributed by atoms with van der Waals surface area (Å²) < 4.78 is 0. The number of allylic oxidation sites excluding steroid dienone is 1. The Bertz CT molecular complexity index is 397. The smallest absolute Gasteiger partial charge is 0.303 e. The van der Waals surface area contributed by atoms with Gasteiger partial charge < -0.3 is 5.11 Å². The van der Waals surface area contributed by atoms with E-state index in [2.05, 4.69) is 15.8 Å². The predicted octanol–water partition coefficient (Wildman–Crippen LogP) is 2.37. The fraction of sp³-hybridized carbons (Fsp3) is 0.250. The second-order valence-electron chi connectivity index (χ2n) is 3.59. The van der Waals surface area contributed by atoms with Crippen molar-refractivity contribution in [1.29, 1.82) is 0 Å². The van der Waals surface area contributed by atoms with E-state index in [1.165, 1.54) is 5.56 Å². The molecule has 80 valence electrons. The number of benzene rings is 1. The van der Waals surface area contributed by atoms with E-state index in [0.29, 0.717) is 6.42 Å². The van der Waals surface area contributed by atoms with Crippen LogP contribution in [0.1, 0.15) is 24.0 Å². The minimum absolute atomic E-state index is 0.136. The Morgan fingerprint density at radius 3 is 2.67 bits per heavy atom. The van der Waals surface area contributed by atoms with Crippen LogP contribution in [0, 0.1) is 6.92 Å². The van der Waals surface area contributed by atoms with Gasteiger partial charge in [-0.15, -0.1) is 9.24 Å². The summed E-state index contributed by atoms with van der Waals surface area (Å²) in [4.78, 5) is 10.4. The first kappa shape index (κ1) is 11.9. The molecule has 1 aromatic carbocycles. The number of rotatable bonds is 4. The van der Waals surface area contributed by atoms with Gasteiger partial charge >= 0.3 is 5.97 Å². The molecule has 3 heteroatoms. The summed E-state index contributed by atoms with van der Waals surface area (Å²) >= 11 is 0. The molecule has 0 aliphatic heterocycles. The van der Waals surface area contributed by atoms with Gasteiger partial charge in [0, 0.05) is 6.42 Å². The van der Waals surface area contributed by atoms with Crippen molar-refractivity contribution in [2.45, 2.75) is 19.8 Å². The van der Waals surface area contributed by atoms with Gasteiger partial charge in [0.25, 0.3) is 0 Å². The van der Waals surface area contributed by atoms with Gasteiger partial charge in [0.2, 0.25) is 0 Å². The van der Waals surface area contributed by atoms with Crippen LogP contribution in [-0.4, -0.2) is 11.1 Å². The molecule has 1 rings (SSSR count). The number of hydrogen-bond acceptors (Lipinski definition) is 1. The normalized spacial score (nSPS) is 10.0. The maximum absolute atomic E-state index is 10.4. The first-order valence-electron chi connectivity index (χ1n) is 4.77. The van der Waals surface area contributed by atoms with Crippen molar-refractivity contribution < 1.29 is 9.90 Å². The molecule has 0 heterocycles. The van der Waals surface area contributed by atoms with Crippen molar-refractivity contribution in [3.05, 3.63) is 35.9 Å². The van der Waals surface area contributed by atoms with Crippen molar-refractivity contribution >= 4 is 26.1 Å². The Hall–Kier alpha value is -1.14. The van der Waals surface area contributed by atoms with Crippen molar-refractivity contribution in [1.82, 2.24) is 0 Å². The number of aliphatic carboxylic acids is 1. The van der Waals surface area contributed by atoms with E-state index in [4.69, 9.17) is 5.11 Å². The lowest BCUT2D eigenvalue weighted by Crippen LogP contribution is -2.03. The van der Waals surface area contributed by atoms with E-state index in [1.807, 2.05) is 25.1 Å². The summed E-state index contributed by atoms with van der Waals surface area (Å²) in [5, 5.41) is 9.65. The topological polar surface area (TPSA) is 37.3 Å². The minimum atomic E-state index is -0.784. The second kappa shape index (κ2) is 5.09. The molecule has 0 bridgehead atoms. The molecule has 0 spiro atoms. The molecule has 0 radical (unpaired) electrons. The third kappa shape index (κ3) is 3.49. The van der Waals surface area contributed by atoms with E-state index in [0.717, 1.165) is 16.4 Å². The Kier molecular flexibility index (Phi) is 4.05. The van der Waals surface area contributed by atoms with Crippen LogP contribution in [0.2, 0.25) is 0 Å². The average Bonchev–Trinajstić information content (AvgIpc) is 2.14. The average molecular weight is 222 g/mol. The molecule has 1 N–H and O–H groups in total. The number of hydrogen-bond donors (Lipinski definition) is 1. The highest BCUT2D eigenvalue weighted by Crippen LogP contribution is 2.18. The fourth-order valence-electron chi connectivity index (χ4n) is 1.40. The summed E-state index contributed by atoms with van der Waals surface area (Å²) in [6.07, 6.45) is 0.636. The van der Waals surface area contributed by atoms with Gasteiger partial charge in [-0.25, -0.2) is 0 Å². The molecule has 0 fully saturated rings. The molecule has 0 saturated heterocycles. The summed E-state index contributed by atoms with van der Waals surface area (Å²) in [5.74, 6) is -0.784. The van der Waals surface area contributed by atoms with Gasteiger partial charge in [-0.05, 0) is 29.8 Å². The SMILES string of the molecule is C=C(CCC(=O)O)c1ccc(C)cc1P. The molecule has 0 amide bonds. The van der Waals surface area contributed by atoms with Crippen molar-refractivity contribution in [2.75, 3.05) is 0 Å². The highest BCUT2D eigenvalue weighted by molar-refractivity contribution is 7.27. The van der Waals surface area contributed by atoms with Crippen LogP contribution in [0.25, 0.3) is 5.57 Å². The van der Waals surface area contributed by atoms with Crippen LogP contribution in [-0.2, 0) is 4.79 Å². The van der Waals surface area contributed by atoms with Gasteiger partial charge in [-0.1, -0.05) is 30.3 Å². The van der Waals surface area contributed by atoms with Crippen molar-refractivity contribution in [3.63, 3.8) is 0 Å². The Morgan fingerprint density at radius 2 is 2.13 bits per heavy atom. The van der Waals surface area contributed by atoms with Crippen molar-refractivity contribution in [3.8, 4) is 0 Å². The molecule has 0 saturated carbocycles. The summed E-state index contributed by atoms with van der Waals surface area (Å²) in [6.45, 7) is 5.94. The standard InChI is InChI=1S/C12H15O2P/c1-8-3-5-10(11(15)7-8)9(2)4-6-12(13)14/h3,5,7H,2,4,6,15H2,1H3,(H,13,14). The molecule has 1 unspecified atom stereocenters. The fourth-order valence-corrected chi connectivity index (χ4v) is 1.96. The molecular formula is C12H15O2P. The lowest BCUT2D eigenvalue weighted by Gasteiger charge is -2.08. The number of carboxylic acids is 1. The Labute approximate surface area is 92.2 Å². The van der Waals surface area contributed by atoms with Crippen LogP contribution >= 0.6 is 9.24 Å². The molecule has 0 aliphatic rings. The number of carbonyl (C=O) groups is 1. The van der Waals surface area contributed by atoms with Crippen molar-refractivity contribution in [2.24, 2.45) is 0 Å². The Morgan fingerprint density at radius 1 is 1.47 bits per heavy atom. The van der Waals surface area contributed by atoms with E-state index in [-0.39, 0.29) is 6.42 Å². The highest BCUT2D eigenvalue weighted by atomic mass is 31.0. The van der Waals surface area contributed by atoms with Crippen LogP contribution in [0.3, 0.4) is 0 Å². The number of carboxylic acid groups (broad SMARTS) is 1. The molecule has 15 heavy (non-hydrogen) atoms. The van der Waals surface area contributed by atoms with Crippen LogP contribution in [0.5, 0.6) is 0 Å². The minimum Gasteiger partial charge on any atom is -0.481 e. The van der Waals surface area contributed by atoms with Gasteiger partial charge in [-0.2, -0.15) is 0 Å². The van der Waals surface area contributed by atoms with Crippen LogP contribution in [0.4, 0.5) is 0 Å². The number of aryl methyl sites for hydroxylation is 1. The quantitative estimate of drug-likeness (QED) is 0.794. The van der Waals surface area contributed by atoms with E-state index < -0.39 is 5.97 Å². The molecule has 2 nitrogen and oxygen atoms in total. The van der Waals surface area contributed by atoms with E-state index >= 15 is 0 Å². The monoisotopic (exact) mass is 222 g/mol. The zero-order valence-corrected chi connectivity index (χ0v) is 9.94. The zero-order chi connectivity index (χ0) is 11.4. The van der Waals surface area contributed by atoms with Crippen LogP contribution in [0.15, 0.2) is 24.8 Å². The molecule has 1 aromatic rings. The maximum Gasteiger partial charge on any atom is 0.303 e. The lowest BCUT2D eigenvalue weighted by molar-refractivity contribution is -0.136. The maximum atomic E-state index is 10.4. The largest absolute Gasteiger partial charge is 0.481 e. The van der Waals surface area contributed by atoms with E-state index in [1.54, 1.807) is 0 Å². The predicted molar refractivity (Wildman–Crippen MR) is 66.4 cm³/mol. The first-order valence-corrected chi connectivity index (χ1v) is 5.34. The second-order valence-corrected chi connectivity index (χ2v) is 4.21. The summed E-state index contributed by atoms with van der Waals surface area (Å²) in [6, 6.07) is 6.04. The Balaban J connectivity index is 2.78. The zero-order valence-electron chi connectivity index (χ0n) is 8.79. The molecule has 0 aromatic heterocycles. The van der Waals surface area contributed by atoms with E-state index in [9.17, 15) is 4.79 Å². The highest BCUT2D eigenvalue weighted by Gasteiger charge is 2.05. The van der Waals surface area contributed by atoms with Gasteiger partial charge in [-0.3, -0.25) is 4.79 Å². The lowest BCUT2D eigenvalue weighted by atomic mass is 10.0. The molecule has 1 atom stereocenters. The third-order valence-corrected chi connectivity index (χ3v) is 2.71. The van der Waals surface area contributed by atoms with Gasteiger partial charge in [0.05, 0.1) is 0 Å². The third-order valence-electron chi connectivity index (χ3n) is 2.23. The summed E-state index contributed by atoms with van der Waals surface area (Å²) in [5.41, 5.74) is 3.10. The molecular weight excluding hydrogens is 207 g/mol. The molecule has 0 aliphatic carbocycles. The summed E-state index contributed by atoms with van der Waals surface area (Å²) in [7, 11) is 2.66. The van der Waals surface area contributed by atoms with Crippen LogP contribution < -0.4 is 5.30 Å². The first-order chi connectivity index (χ1) is 7.00. The van der Waals surface area contributed by atoms with Gasteiger partial charge in [0.1, 0.15) is 0 Å². The van der Waals surface area contributed by atoms with Gasteiger partial charge in [0.15, 0.2) is 0 Å².